The van der Waals surface area contributed by atoms with Crippen LogP contribution in [0.5, 0.6) is 5.75 Å². The van der Waals surface area contributed by atoms with Crippen LogP contribution in [0.15, 0.2) is 60.8 Å². The number of aromatic nitrogens is 2. The number of hydrogen-bond acceptors (Lipinski definition) is 3. The minimum atomic E-state index is -2.24. The van der Waals surface area contributed by atoms with Crippen molar-refractivity contribution in [2.45, 2.75) is 13.2 Å². The number of nitrogens with zero attached hydrogens (tertiary/aromatic N) is 2. The standard InChI is InChI=1S/C24H15ClF5N3O2/c25-15-5-7-16(8-6-15)35-12-13-1-3-14(4-2-13)24(34)31-18-9-10-33(32-18)11-17-19(26)21(28)23(30)22(29)20(17)27/h1-10H,11-12H2,(H,31,32,34). The maximum atomic E-state index is 13.9. The summed E-state index contributed by atoms with van der Waals surface area (Å²) in [5, 5.41) is 7.00. The number of carbonyl (C=O) groups excluding carboxylic acids is 1. The fourth-order valence-corrected chi connectivity index (χ4v) is 3.23. The second-order valence-electron chi connectivity index (χ2n) is 7.34. The topological polar surface area (TPSA) is 56.2 Å². The molecule has 1 aromatic heterocycles. The van der Waals surface area contributed by atoms with E-state index in [-0.39, 0.29) is 12.4 Å². The highest BCUT2D eigenvalue weighted by Crippen LogP contribution is 2.24. The Morgan fingerprint density at radius 3 is 2.09 bits per heavy atom. The first-order valence-corrected chi connectivity index (χ1v) is 10.4. The van der Waals surface area contributed by atoms with Gasteiger partial charge in [0.1, 0.15) is 12.4 Å². The summed E-state index contributed by atoms with van der Waals surface area (Å²) in [5.41, 5.74) is 0.0666. The zero-order chi connectivity index (χ0) is 25.1. The Labute approximate surface area is 200 Å². The van der Waals surface area contributed by atoms with E-state index in [0.29, 0.717) is 16.3 Å². The van der Waals surface area contributed by atoms with Gasteiger partial charge in [-0.05, 0) is 42.0 Å². The largest absolute Gasteiger partial charge is 0.489 e. The van der Waals surface area contributed by atoms with Gasteiger partial charge in [-0.15, -0.1) is 0 Å². The number of carbonyl (C=O) groups is 1. The predicted octanol–water partition coefficient (Wildman–Crippen LogP) is 6.11. The smallest absolute Gasteiger partial charge is 0.256 e. The first kappa shape index (κ1) is 24.2. The second kappa shape index (κ2) is 10.1. The van der Waals surface area contributed by atoms with Gasteiger partial charge < -0.3 is 10.1 Å². The van der Waals surface area contributed by atoms with Crippen LogP contribution in [0, 0.1) is 29.1 Å². The van der Waals surface area contributed by atoms with Crippen LogP contribution in [0.25, 0.3) is 0 Å². The van der Waals surface area contributed by atoms with Crippen molar-refractivity contribution in [1.29, 1.82) is 0 Å². The fraction of sp³-hybridized carbons (Fsp3) is 0.0833. The van der Waals surface area contributed by atoms with Crippen molar-refractivity contribution in [3.63, 3.8) is 0 Å². The fourth-order valence-electron chi connectivity index (χ4n) is 3.11. The Morgan fingerprint density at radius 1 is 0.857 bits per heavy atom. The van der Waals surface area contributed by atoms with Gasteiger partial charge in [-0.25, -0.2) is 22.0 Å². The van der Waals surface area contributed by atoms with E-state index in [4.69, 9.17) is 16.3 Å². The maximum Gasteiger partial charge on any atom is 0.256 e. The lowest BCUT2D eigenvalue weighted by atomic mass is 10.1. The van der Waals surface area contributed by atoms with E-state index in [1.165, 1.54) is 12.3 Å². The van der Waals surface area contributed by atoms with Crippen molar-refractivity contribution in [3.05, 3.63) is 112 Å². The minimum absolute atomic E-state index is 0.0222. The third-order valence-electron chi connectivity index (χ3n) is 4.94. The van der Waals surface area contributed by atoms with Gasteiger partial charge in [0.25, 0.3) is 5.91 Å². The molecular weight excluding hydrogens is 493 g/mol. The predicted molar refractivity (Wildman–Crippen MR) is 118 cm³/mol. The van der Waals surface area contributed by atoms with Gasteiger partial charge in [-0.2, -0.15) is 5.10 Å². The quantitative estimate of drug-likeness (QED) is 0.186. The van der Waals surface area contributed by atoms with Crippen molar-refractivity contribution in [2.75, 3.05) is 5.32 Å². The number of halogens is 6. The molecule has 1 heterocycles. The van der Waals surface area contributed by atoms with Crippen LogP contribution in [0.3, 0.4) is 0 Å². The lowest BCUT2D eigenvalue weighted by Gasteiger charge is -2.08. The van der Waals surface area contributed by atoms with E-state index in [1.54, 1.807) is 48.5 Å². The molecule has 0 bridgehead atoms. The lowest BCUT2D eigenvalue weighted by Crippen LogP contribution is -2.14. The van der Waals surface area contributed by atoms with Gasteiger partial charge in [0.05, 0.1) is 12.1 Å². The van der Waals surface area contributed by atoms with E-state index >= 15 is 0 Å². The summed E-state index contributed by atoms with van der Waals surface area (Å²) in [6.45, 7) is -0.463. The molecule has 0 saturated carbocycles. The molecule has 0 spiro atoms. The van der Waals surface area contributed by atoms with Crippen molar-refractivity contribution < 1.29 is 31.5 Å². The van der Waals surface area contributed by atoms with Gasteiger partial charge in [0.2, 0.25) is 5.82 Å². The highest BCUT2D eigenvalue weighted by Gasteiger charge is 2.26. The average Bonchev–Trinajstić information content (AvgIpc) is 3.31. The van der Waals surface area contributed by atoms with Gasteiger partial charge >= 0.3 is 0 Å². The molecule has 0 aliphatic heterocycles. The number of anilines is 1. The van der Waals surface area contributed by atoms with Crippen LogP contribution in [-0.4, -0.2) is 15.7 Å². The molecule has 0 fully saturated rings. The molecule has 11 heteroatoms. The molecule has 1 amide bonds. The van der Waals surface area contributed by atoms with Crippen LogP contribution in [0.1, 0.15) is 21.5 Å². The lowest BCUT2D eigenvalue weighted by molar-refractivity contribution is 0.102. The molecule has 180 valence electrons. The van der Waals surface area contributed by atoms with Gasteiger partial charge in [-0.3, -0.25) is 9.48 Å². The van der Waals surface area contributed by atoms with Crippen LogP contribution < -0.4 is 10.1 Å². The average molecular weight is 508 g/mol. The molecule has 1 N–H and O–H groups in total. The molecule has 4 rings (SSSR count). The number of ether oxygens (including phenoxy) is 1. The van der Waals surface area contributed by atoms with Crippen LogP contribution in [0.2, 0.25) is 5.02 Å². The van der Waals surface area contributed by atoms with E-state index in [9.17, 15) is 26.7 Å². The van der Waals surface area contributed by atoms with Crippen molar-refractivity contribution in [3.8, 4) is 5.75 Å². The molecule has 5 nitrogen and oxygen atoms in total. The molecule has 35 heavy (non-hydrogen) atoms. The molecule has 0 atom stereocenters. The summed E-state index contributed by atoms with van der Waals surface area (Å²) >= 11 is 5.83. The SMILES string of the molecule is O=C(Nc1ccn(Cc2c(F)c(F)c(F)c(F)c2F)n1)c1ccc(COc2ccc(Cl)cc2)cc1. The number of nitrogens with one attached hydrogen (secondary N) is 1. The number of benzene rings is 3. The highest BCUT2D eigenvalue weighted by molar-refractivity contribution is 6.30. The highest BCUT2D eigenvalue weighted by atomic mass is 35.5. The van der Waals surface area contributed by atoms with Gasteiger partial charge in [-0.1, -0.05) is 23.7 Å². The summed E-state index contributed by atoms with van der Waals surface area (Å²) < 4.78 is 74.3. The minimum Gasteiger partial charge on any atom is -0.489 e. The Bertz CT molecular complexity index is 1350. The molecule has 0 aliphatic rings. The maximum absolute atomic E-state index is 13.9. The summed E-state index contributed by atoms with van der Waals surface area (Å²) in [7, 11) is 0. The zero-order valence-electron chi connectivity index (χ0n) is 17.7. The first-order chi connectivity index (χ1) is 16.7. The van der Waals surface area contributed by atoms with Crippen molar-refractivity contribution in [1.82, 2.24) is 9.78 Å². The summed E-state index contributed by atoms with van der Waals surface area (Å²) in [6.07, 6.45) is 1.23. The second-order valence-corrected chi connectivity index (χ2v) is 7.78. The Morgan fingerprint density at radius 2 is 1.46 bits per heavy atom. The molecule has 0 radical (unpaired) electrons. The number of rotatable bonds is 7. The first-order valence-electron chi connectivity index (χ1n) is 10.1. The molecule has 0 unspecified atom stereocenters. The summed E-state index contributed by atoms with van der Waals surface area (Å²) in [5.74, 6) is -10.1. The summed E-state index contributed by atoms with van der Waals surface area (Å²) in [4.78, 5) is 12.5. The monoisotopic (exact) mass is 507 g/mol. The molecule has 0 aliphatic carbocycles. The molecule has 4 aromatic rings. The number of amides is 1. The molecular formula is C24H15ClF5N3O2. The van der Waals surface area contributed by atoms with E-state index < -0.39 is 47.1 Å². The Hall–Kier alpha value is -3.92. The van der Waals surface area contributed by atoms with Crippen molar-refractivity contribution >= 4 is 23.3 Å². The third-order valence-corrected chi connectivity index (χ3v) is 5.19. The Balaban J connectivity index is 1.38. The van der Waals surface area contributed by atoms with E-state index in [2.05, 4.69) is 10.4 Å². The molecule has 0 saturated heterocycles. The van der Waals surface area contributed by atoms with Crippen LogP contribution in [-0.2, 0) is 13.2 Å². The third kappa shape index (κ3) is 5.43. The van der Waals surface area contributed by atoms with Crippen molar-refractivity contribution in [2.24, 2.45) is 0 Å². The molecule has 3 aromatic carbocycles. The van der Waals surface area contributed by atoms with Gasteiger partial charge in [0.15, 0.2) is 29.1 Å². The number of hydrogen-bond donors (Lipinski definition) is 1. The van der Waals surface area contributed by atoms with Gasteiger partial charge in [0, 0.05) is 22.8 Å². The van der Waals surface area contributed by atoms with Crippen LogP contribution in [0.4, 0.5) is 27.8 Å². The van der Waals surface area contributed by atoms with E-state index in [1.807, 2.05) is 0 Å². The van der Waals surface area contributed by atoms with E-state index in [0.717, 1.165) is 10.2 Å². The normalized spacial score (nSPS) is 10.9. The van der Waals surface area contributed by atoms with Crippen LogP contribution >= 0.6 is 11.6 Å². The zero-order valence-corrected chi connectivity index (χ0v) is 18.4. The summed E-state index contributed by atoms with van der Waals surface area (Å²) in [6, 6.07) is 14.7. The Kier molecular flexibility index (Phi) is 7.02.